The van der Waals surface area contributed by atoms with Gasteiger partial charge < -0.3 is 18.9 Å². The van der Waals surface area contributed by atoms with Crippen molar-refractivity contribution in [2.45, 2.75) is 0 Å². The van der Waals surface area contributed by atoms with Gasteiger partial charge in [-0.3, -0.25) is 0 Å². The highest BCUT2D eigenvalue weighted by atomic mass is 79.9. The molecule has 37 heavy (non-hydrogen) atoms. The number of thiophene rings is 1. The highest BCUT2D eigenvalue weighted by Gasteiger charge is 2.17. The summed E-state index contributed by atoms with van der Waals surface area (Å²) in [6, 6.07) is 33.6. The molecule has 7 heteroatoms. The third kappa shape index (κ3) is 4.41. The highest BCUT2D eigenvalue weighted by molar-refractivity contribution is 9.11. The molecule has 0 spiro atoms. The number of anilines is 3. The summed E-state index contributed by atoms with van der Waals surface area (Å²) in [5.41, 5.74) is 6.62. The lowest BCUT2D eigenvalue weighted by molar-refractivity contribution is 0.415. The summed E-state index contributed by atoms with van der Waals surface area (Å²) in [6.07, 6.45) is 0. The average molecular weight is 634 g/mol. The van der Waals surface area contributed by atoms with Gasteiger partial charge in [-0.25, -0.2) is 0 Å². The van der Waals surface area contributed by atoms with Crippen LogP contribution in [0.15, 0.2) is 105 Å². The van der Waals surface area contributed by atoms with Gasteiger partial charge in [0.25, 0.3) is 0 Å². The summed E-state index contributed by atoms with van der Waals surface area (Å²) in [7, 11) is 3.36. The maximum Gasteiger partial charge on any atom is 0.119 e. The van der Waals surface area contributed by atoms with Crippen LogP contribution in [-0.4, -0.2) is 18.8 Å². The predicted octanol–water partition coefficient (Wildman–Crippen LogP) is 9.86. The largest absolute Gasteiger partial charge is 0.497 e. The first-order chi connectivity index (χ1) is 18.1. The van der Waals surface area contributed by atoms with Crippen LogP contribution in [0.1, 0.15) is 0 Å². The minimum absolute atomic E-state index is 0.824. The fourth-order valence-electron chi connectivity index (χ4n) is 4.66. The molecule has 0 saturated carbocycles. The van der Waals surface area contributed by atoms with Crippen molar-refractivity contribution in [1.82, 2.24) is 4.57 Å². The summed E-state index contributed by atoms with van der Waals surface area (Å²) in [6.45, 7) is 0. The normalized spacial score (nSPS) is 11.2. The van der Waals surface area contributed by atoms with E-state index in [0.29, 0.717) is 0 Å². The van der Waals surface area contributed by atoms with Crippen molar-refractivity contribution < 1.29 is 9.47 Å². The number of hydrogen-bond donors (Lipinski definition) is 0. The molecule has 0 aliphatic heterocycles. The van der Waals surface area contributed by atoms with Crippen LogP contribution in [0.5, 0.6) is 11.5 Å². The van der Waals surface area contributed by atoms with E-state index in [2.05, 4.69) is 114 Å². The standard InChI is InChI=1S/C30H22Br2N2O2S/c1-35-24-12-8-21(9-13-24)33(22-10-14-25(36-2)15-11-22)20-4-6-23(7-5-20)34-27-17-19(31)3-16-26(27)30-28(34)18-29(32)37-30/h3-18H,1-2H3. The summed E-state index contributed by atoms with van der Waals surface area (Å²) >= 11 is 9.11. The molecular weight excluding hydrogens is 612 g/mol. The van der Waals surface area contributed by atoms with Crippen LogP contribution in [0.2, 0.25) is 0 Å². The van der Waals surface area contributed by atoms with Crippen molar-refractivity contribution in [3.8, 4) is 17.2 Å². The van der Waals surface area contributed by atoms with E-state index in [9.17, 15) is 0 Å². The Morgan fingerprint density at radius 3 is 1.73 bits per heavy atom. The Morgan fingerprint density at radius 1 is 0.649 bits per heavy atom. The van der Waals surface area contributed by atoms with Crippen molar-refractivity contribution in [3.63, 3.8) is 0 Å². The second-order valence-electron chi connectivity index (χ2n) is 8.51. The van der Waals surface area contributed by atoms with Crippen molar-refractivity contribution >= 4 is 81.4 Å². The molecule has 0 aliphatic rings. The molecule has 0 fully saturated rings. The minimum Gasteiger partial charge on any atom is -0.497 e. The maximum atomic E-state index is 5.38. The van der Waals surface area contributed by atoms with E-state index in [1.807, 2.05) is 24.3 Å². The van der Waals surface area contributed by atoms with Gasteiger partial charge in [0.15, 0.2) is 0 Å². The number of benzene rings is 4. The van der Waals surface area contributed by atoms with Crippen LogP contribution in [0.4, 0.5) is 17.1 Å². The van der Waals surface area contributed by atoms with Crippen molar-refractivity contribution in [3.05, 3.63) is 105 Å². The van der Waals surface area contributed by atoms with Gasteiger partial charge in [-0.05, 0) is 107 Å². The Balaban J connectivity index is 1.47. The summed E-state index contributed by atoms with van der Waals surface area (Å²) in [4.78, 5) is 2.23. The molecule has 6 aromatic rings. The summed E-state index contributed by atoms with van der Waals surface area (Å²) in [5.74, 6) is 1.65. The summed E-state index contributed by atoms with van der Waals surface area (Å²) in [5, 5.41) is 1.25. The Kier molecular flexibility index (Phi) is 6.44. The zero-order valence-corrected chi connectivity index (χ0v) is 24.1. The lowest BCUT2D eigenvalue weighted by Gasteiger charge is -2.26. The maximum absolute atomic E-state index is 5.38. The van der Waals surface area contributed by atoms with Crippen LogP contribution in [0.25, 0.3) is 26.8 Å². The molecule has 2 heterocycles. The number of hydrogen-bond acceptors (Lipinski definition) is 4. The number of fused-ring (bicyclic) bond motifs is 3. The molecule has 0 unspecified atom stereocenters. The predicted molar refractivity (Wildman–Crippen MR) is 162 cm³/mol. The number of rotatable bonds is 6. The molecule has 0 aliphatic carbocycles. The van der Waals surface area contributed by atoms with E-state index < -0.39 is 0 Å². The van der Waals surface area contributed by atoms with E-state index >= 15 is 0 Å². The van der Waals surface area contributed by atoms with E-state index in [0.717, 1.165) is 42.5 Å². The molecule has 0 bridgehead atoms. The lowest BCUT2D eigenvalue weighted by atomic mass is 10.1. The third-order valence-electron chi connectivity index (χ3n) is 6.40. The first kappa shape index (κ1) is 24.1. The molecule has 4 nitrogen and oxygen atoms in total. The van der Waals surface area contributed by atoms with Gasteiger partial charge >= 0.3 is 0 Å². The monoisotopic (exact) mass is 632 g/mol. The van der Waals surface area contributed by atoms with Gasteiger partial charge in [0.2, 0.25) is 0 Å². The molecule has 0 radical (unpaired) electrons. The number of ether oxygens (including phenoxy) is 2. The topological polar surface area (TPSA) is 26.6 Å². The fourth-order valence-corrected chi connectivity index (χ4v) is 6.62. The molecule has 4 aromatic carbocycles. The Morgan fingerprint density at radius 2 is 1.19 bits per heavy atom. The SMILES string of the molecule is COc1ccc(N(c2ccc(OC)cc2)c2ccc(-n3c4cc(Br)ccc4c4sc(Br)cc43)cc2)cc1. The molecule has 2 aromatic heterocycles. The molecule has 184 valence electrons. The molecular formula is C30H22Br2N2O2S. The smallest absolute Gasteiger partial charge is 0.119 e. The molecule has 6 rings (SSSR count). The van der Waals surface area contributed by atoms with Crippen molar-refractivity contribution in [2.75, 3.05) is 19.1 Å². The van der Waals surface area contributed by atoms with Crippen LogP contribution in [0, 0.1) is 0 Å². The molecule has 0 atom stereocenters. The first-order valence-electron chi connectivity index (χ1n) is 11.6. The Labute approximate surface area is 235 Å². The van der Waals surface area contributed by atoms with Crippen molar-refractivity contribution in [1.29, 1.82) is 0 Å². The number of methoxy groups -OCH3 is 2. The van der Waals surface area contributed by atoms with Gasteiger partial charge in [-0.1, -0.05) is 22.0 Å². The Bertz CT molecular complexity index is 1660. The first-order valence-corrected chi connectivity index (χ1v) is 14.0. The molecule has 0 saturated heterocycles. The second-order valence-corrected chi connectivity index (χ2v) is 11.9. The Hall–Kier alpha value is -3.26. The van der Waals surface area contributed by atoms with Crippen LogP contribution in [-0.2, 0) is 0 Å². The zero-order chi connectivity index (χ0) is 25.5. The van der Waals surface area contributed by atoms with Gasteiger partial charge in [0.1, 0.15) is 11.5 Å². The van der Waals surface area contributed by atoms with E-state index in [1.165, 1.54) is 21.1 Å². The zero-order valence-electron chi connectivity index (χ0n) is 20.1. The second kappa shape index (κ2) is 9.89. The third-order valence-corrected chi connectivity index (χ3v) is 8.55. The van der Waals surface area contributed by atoms with Crippen LogP contribution >= 0.6 is 43.2 Å². The average Bonchev–Trinajstić information content (AvgIpc) is 3.44. The highest BCUT2D eigenvalue weighted by Crippen LogP contribution is 2.41. The van der Waals surface area contributed by atoms with E-state index in [4.69, 9.17) is 9.47 Å². The fraction of sp³-hybridized carbons (Fsp3) is 0.0667. The van der Waals surface area contributed by atoms with Crippen LogP contribution in [0.3, 0.4) is 0 Å². The van der Waals surface area contributed by atoms with Gasteiger partial charge in [-0.2, -0.15) is 0 Å². The van der Waals surface area contributed by atoms with Gasteiger partial charge in [0.05, 0.1) is 33.7 Å². The van der Waals surface area contributed by atoms with E-state index in [1.54, 1.807) is 25.6 Å². The van der Waals surface area contributed by atoms with Crippen LogP contribution < -0.4 is 14.4 Å². The van der Waals surface area contributed by atoms with E-state index in [-0.39, 0.29) is 0 Å². The quantitative estimate of drug-likeness (QED) is 0.183. The minimum atomic E-state index is 0.824. The lowest BCUT2D eigenvalue weighted by Crippen LogP contribution is -2.10. The molecule has 0 N–H and O–H groups in total. The van der Waals surface area contributed by atoms with Gasteiger partial charge in [-0.15, -0.1) is 11.3 Å². The number of halogens is 2. The van der Waals surface area contributed by atoms with Gasteiger partial charge in [0, 0.05) is 32.6 Å². The van der Waals surface area contributed by atoms with Crippen molar-refractivity contribution in [2.24, 2.45) is 0 Å². The number of nitrogens with zero attached hydrogens (tertiary/aromatic N) is 2. The summed E-state index contributed by atoms with van der Waals surface area (Å²) < 4.78 is 16.6. The number of aromatic nitrogens is 1. The molecule has 0 amide bonds.